The van der Waals surface area contributed by atoms with Crippen molar-refractivity contribution in [1.82, 2.24) is 15.5 Å². The second-order valence-electron chi connectivity index (χ2n) is 10.6. The number of hydrogen-bond acceptors (Lipinski definition) is 7. The van der Waals surface area contributed by atoms with E-state index in [1.54, 1.807) is 12.1 Å². The van der Waals surface area contributed by atoms with Crippen molar-refractivity contribution in [3.05, 3.63) is 81.0 Å². The Kier molecular flexibility index (Phi) is 7.62. The number of hydrogen-bond donors (Lipinski definition) is 2. The van der Waals surface area contributed by atoms with Gasteiger partial charge in [-0.25, -0.2) is 0 Å². The van der Waals surface area contributed by atoms with E-state index in [1.807, 2.05) is 5.32 Å². The zero-order valence-electron chi connectivity index (χ0n) is 23.1. The maximum atomic E-state index is 14.9. The van der Waals surface area contributed by atoms with Gasteiger partial charge in [-0.1, -0.05) is 30.3 Å². The van der Waals surface area contributed by atoms with Gasteiger partial charge in [-0.05, 0) is 29.3 Å². The van der Waals surface area contributed by atoms with E-state index >= 15 is 0 Å². The Morgan fingerprint density at radius 3 is 2.47 bits per heavy atom. The monoisotopic (exact) mass is 646 g/mol. The van der Waals surface area contributed by atoms with Crippen molar-refractivity contribution in [2.24, 2.45) is 0 Å². The van der Waals surface area contributed by atoms with Crippen LogP contribution in [0.5, 0.6) is 0 Å². The molecule has 2 aliphatic heterocycles. The summed E-state index contributed by atoms with van der Waals surface area (Å²) in [5, 5.41) is 14.6. The highest BCUT2D eigenvalue weighted by atomic mass is 32.1. The summed E-state index contributed by atoms with van der Waals surface area (Å²) in [4.78, 5) is 40.5. The highest BCUT2D eigenvalue weighted by Gasteiger charge is 2.58. The smallest absolute Gasteiger partial charge is 0.345 e. The minimum absolute atomic E-state index is 0.00408. The molecule has 45 heavy (non-hydrogen) atoms. The number of benzene rings is 2. The molecule has 3 aliphatic rings. The number of ether oxygens (including phenoxy) is 2. The predicted molar refractivity (Wildman–Crippen MR) is 148 cm³/mol. The Balaban J connectivity index is 1.19. The molecule has 6 rings (SSSR count). The standard InChI is InChI=1S/C30H23F5N4O5S/c31-29(32)20-4-2-1-3-18(20)19-12-17(5-6-21(19)29)26(41)37-14-23(40)39-8-7-28(43-9-10-44-28)25(39)27(42)38-24(30(33,34)35)22-11-16(13-36)15-45-22/h1-6,11-12,15,24-25H,7-10,14H2,(H,37,41)(H,38,42)/t24-,25+/m0/s1. The van der Waals surface area contributed by atoms with Crippen LogP contribution in [0.15, 0.2) is 53.9 Å². The molecule has 0 saturated carbocycles. The molecule has 234 valence electrons. The molecule has 3 amide bonds. The molecule has 2 saturated heterocycles. The van der Waals surface area contributed by atoms with E-state index in [9.17, 15) is 36.3 Å². The average Bonchev–Trinajstić information content (AvgIpc) is 3.81. The summed E-state index contributed by atoms with van der Waals surface area (Å²) in [5.74, 6) is -7.68. The Morgan fingerprint density at radius 1 is 1.07 bits per heavy atom. The zero-order chi connectivity index (χ0) is 32.1. The van der Waals surface area contributed by atoms with E-state index in [4.69, 9.17) is 14.7 Å². The molecule has 1 spiro atoms. The van der Waals surface area contributed by atoms with Crippen LogP contribution in [0.1, 0.15) is 44.4 Å². The van der Waals surface area contributed by atoms with E-state index in [-0.39, 0.29) is 64.4 Å². The fourth-order valence-corrected chi connectivity index (χ4v) is 6.85. The molecule has 2 atom stereocenters. The lowest BCUT2D eigenvalue weighted by atomic mass is 10.0. The third-order valence-corrected chi connectivity index (χ3v) is 8.99. The molecular weight excluding hydrogens is 623 g/mol. The number of rotatable bonds is 6. The van der Waals surface area contributed by atoms with E-state index in [0.29, 0.717) is 11.3 Å². The summed E-state index contributed by atoms with van der Waals surface area (Å²) in [5.41, 5.74) is 0.00709. The number of fused-ring (bicyclic) bond motifs is 3. The first-order valence-electron chi connectivity index (χ1n) is 13.7. The van der Waals surface area contributed by atoms with Crippen molar-refractivity contribution in [3.63, 3.8) is 0 Å². The average molecular weight is 647 g/mol. The minimum atomic E-state index is -4.93. The SMILES string of the molecule is N#Cc1csc([C@H](NC(=O)[C@H]2N(C(=O)CNC(=O)c3ccc4c(c3)-c3ccccc3C4(F)F)CCC23OCCO3)C(F)(F)F)c1. The molecule has 3 heterocycles. The lowest BCUT2D eigenvalue weighted by molar-refractivity contribution is -0.189. The van der Waals surface area contributed by atoms with Crippen LogP contribution >= 0.6 is 11.3 Å². The fraction of sp³-hybridized carbons (Fsp3) is 0.333. The third-order valence-electron chi connectivity index (χ3n) is 8.00. The number of carbonyl (C=O) groups is 3. The molecule has 1 aromatic heterocycles. The Morgan fingerprint density at radius 2 is 1.78 bits per heavy atom. The van der Waals surface area contributed by atoms with Crippen LogP contribution in [0.4, 0.5) is 22.0 Å². The number of thiophene rings is 1. The van der Waals surface area contributed by atoms with E-state index < -0.39 is 54.2 Å². The maximum Gasteiger partial charge on any atom is 0.413 e. The summed E-state index contributed by atoms with van der Waals surface area (Å²) >= 11 is 0.648. The van der Waals surface area contributed by atoms with Crippen molar-refractivity contribution in [3.8, 4) is 17.2 Å². The molecule has 2 N–H and O–H groups in total. The highest BCUT2D eigenvalue weighted by Crippen LogP contribution is 2.51. The largest absolute Gasteiger partial charge is 0.413 e. The van der Waals surface area contributed by atoms with Gasteiger partial charge in [-0.3, -0.25) is 14.4 Å². The Bertz CT molecular complexity index is 1730. The normalized spacial score (nSPS) is 19.9. The lowest BCUT2D eigenvalue weighted by Crippen LogP contribution is -2.58. The molecule has 2 fully saturated rings. The molecule has 0 bridgehead atoms. The first-order chi connectivity index (χ1) is 21.4. The van der Waals surface area contributed by atoms with Crippen LogP contribution in [0.25, 0.3) is 11.1 Å². The predicted octanol–water partition coefficient (Wildman–Crippen LogP) is 4.23. The number of nitriles is 1. The second-order valence-corrected chi connectivity index (χ2v) is 11.6. The van der Waals surface area contributed by atoms with Gasteiger partial charge in [-0.15, -0.1) is 11.3 Å². The Labute approximate surface area is 256 Å². The van der Waals surface area contributed by atoms with Crippen molar-refractivity contribution >= 4 is 29.1 Å². The van der Waals surface area contributed by atoms with Gasteiger partial charge in [0, 0.05) is 39.9 Å². The number of likely N-dealkylation sites (tertiary alicyclic amines) is 1. The number of amides is 3. The van der Waals surface area contributed by atoms with Crippen molar-refractivity contribution in [2.45, 2.75) is 36.4 Å². The first kappa shape index (κ1) is 30.6. The molecule has 3 aromatic rings. The number of alkyl halides is 5. The van der Waals surface area contributed by atoms with E-state index in [0.717, 1.165) is 17.0 Å². The lowest BCUT2D eigenvalue weighted by Gasteiger charge is -2.33. The van der Waals surface area contributed by atoms with Gasteiger partial charge in [-0.2, -0.15) is 27.2 Å². The fourth-order valence-electron chi connectivity index (χ4n) is 5.94. The number of nitrogens with zero attached hydrogens (tertiary/aromatic N) is 2. The van der Waals surface area contributed by atoms with Gasteiger partial charge in [0.1, 0.15) is 6.07 Å². The summed E-state index contributed by atoms with van der Waals surface area (Å²) in [6.07, 6.45) is -4.95. The van der Waals surface area contributed by atoms with Crippen LogP contribution in [-0.4, -0.2) is 66.9 Å². The summed E-state index contributed by atoms with van der Waals surface area (Å²) in [6.45, 7) is -0.683. The van der Waals surface area contributed by atoms with Crippen molar-refractivity contribution in [2.75, 3.05) is 26.3 Å². The molecule has 1 aliphatic carbocycles. The van der Waals surface area contributed by atoms with Gasteiger partial charge in [0.2, 0.25) is 11.8 Å². The van der Waals surface area contributed by atoms with Gasteiger partial charge in [0.15, 0.2) is 17.9 Å². The minimum Gasteiger partial charge on any atom is -0.345 e. The van der Waals surface area contributed by atoms with Crippen LogP contribution in [-0.2, 0) is 25.0 Å². The third kappa shape index (κ3) is 5.32. The topological polar surface area (TPSA) is 121 Å². The number of nitrogens with one attached hydrogen (secondary N) is 2. The highest BCUT2D eigenvalue weighted by molar-refractivity contribution is 7.10. The molecule has 0 unspecified atom stereocenters. The first-order valence-corrected chi connectivity index (χ1v) is 14.6. The molecule has 9 nitrogen and oxygen atoms in total. The van der Waals surface area contributed by atoms with Crippen molar-refractivity contribution in [1.29, 1.82) is 5.26 Å². The van der Waals surface area contributed by atoms with Crippen LogP contribution in [0.2, 0.25) is 0 Å². The van der Waals surface area contributed by atoms with Crippen LogP contribution in [0, 0.1) is 11.3 Å². The van der Waals surface area contributed by atoms with Gasteiger partial charge >= 0.3 is 6.18 Å². The summed E-state index contributed by atoms with van der Waals surface area (Å²) < 4.78 is 83.2. The van der Waals surface area contributed by atoms with Crippen LogP contribution < -0.4 is 10.6 Å². The second kappa shape index (κ2) is 11.2. The van der Waals surface area contributed by atoms with Crippen molar-refractivity contribution < 1.29 is 45.8 Å². The van der Waals surface area contributed by atoms with E-state index in [1.165, 1.54) is 35.7 Å². The van der Waals surface area contributed by atoms with Gasteiger partial charge < -0.3 is 25.0 Å². The van der Waals surface area contributed by atoms with Gasteiger partial charge in [0.25, 0.3) is 11.8 Å². The molecule has 15 heteroatoms. The quantitative estimate of drug-likeness (QED) is 0.387. The maximum absolute atomic E-state index is 14.9. The molecule has 2 aromatic carbocycles. The Hall–Kier alpha value is -4.39. The van der Waals surface area contributed by atoms with E-state index in [2.05, 4.69) is 5.32 Å². The van der Waals surface area contributed by atoms with Gasteiger partial charge in [0.05, 0.1) is 25.3 Å². The zero-order valence-corrected chi connectivity index (χ0v) is 23.9. The number of carbonyl (C=O) groups excluding carboxylic acids is 3. The van der Waals surface area contributed by atoms with Crippen LogP contribution in [0.3, 0.4) is 0 Å². The summed E-state index contributed by atoms with van der Waals surface area (Å²) in [7, 11) is 0. The molecule has 0 radical (unpaired) electrons. The summed E-state index contributed by atoms with van der Waals surface area (Å²) in [6, 6.07) is 8.26. The number of halogens is 5. The molecular formula is C30H23F5N4O5S.